The van der Waals surface area contributed by atoms with Crippen molar-refractivity contribution in [3.05, 3.63) is 0 Å². The highest BCUT2D eigenvalue weighted by Crippen LogP contribution is 2.32. The first-order chi connectivity index (χ1) is 6.71. The first-order valence-corrected chi connectivity index (χ1v) is 6.05. The molecule has 1 nitrogen and oxygen atoms in total. The Morgan fingerprint density at radius 1 is 1.27 bits per heavy atom. The fraction of sp³-hybridized carbons (Fsp3) is 1.00. The smallest absolute Gasteiger partial charge is 0.302 e. The zero-order valence-corrected chi connectivity index (χ0v) is 10.7. The van der Waals surface area contributed by atoms with Crippen LogP contribution in [0.4, 0.5) is 13.2 Å². The molecule has 1 saturated heterocycles. The Hall–Kier alpha value is 0.230. The van der Waals surface area contributed by atoms with Gasteiger partial charge < -0.3 is 4.90 Å². The predicted molar refractivity (Wildman–Crippen MR) is 58.2 cm³/mol. The van der Waals surface area contributed by atoms with E-state index in [-0.39, 0.29) is 12.0 Å². The average Bonchev–Trinajstić information content (AvgIpc) is 2.07. The van der Waals surface area contributed by atoms with Crippen molar-refractivity contribution in [3.8, 4) is 0 Å². The van der Waals surface area contributed by atoms with Gasteiger partial charge in [-0.15, -0.1) is 0 Å². The second-order valence-electron chi connectivity index (χ2n) is 4.97. The first kappa shape index (κ1) is 13.3. The molecular formula is C10H17BrF3N. The van der Waals surface area contributed by atoms with Crippen LogP contribution in [0.25, 0.3) is 0 Å². The van der Waals surface area contributed by atoms with E-state index in [0.717, 1.165) is 25.9 Å². The summed E-state index contributed by atoms with van der Waals surface area (Å²) < 4.78 is 36.8. The van der Waals surface area contributed by atoms with Crippen LogP contribution in [-0.4, -0.2) is 35.5 Å². The van der Waals surface area contributed by atoms with Gasteiger partial charge in [0.15, 0.2) is 0 Å². The molecule has 0 radical (unpaired) electrons. The van der Waals surface area contributed by atoms with Gasteiger partial charge in [0, 0.05) is 6.54 Å². The van der Waals surface area contributed by atoms with Gasteiger partial charge in [-0.3, -0.25) is 0 Å². The molecule has 1 aliphatic rings. The van der Waals surface area contributed by atoms with E-state index >= 15 is 0 Å². The molecule has 0 aliphatic carbocycles. The summed E-state index contributed by atoms with van der Waals surface area (Å²) in [7, 11) is 0. The van der Waals surface area contributed by atoms with Crippen LogP contribution in [0, 0.1) is 5.41 Å². The predicted octanol–water partition coefficient (Wildman–Crippen LogP) is 3.43. The summed E-state index contributed by atoms with van der Waals surface area (Å²) in [6.07, 6.45) is -2.18. The monoisotopic (exact) mass is 287 g/mol. The Balaban J connectivity index is 2.36. The molecule has 0 aromatic heterocycles. The van der Waals surface area contributed by atoms with Crippen molar-refractivity contribution in [2.24, 2.45) is 5.41 Å². The normalized spacial score (nSPS) is 25.2. The lowest BCUT2D eigenvalue weighted by Crippen LogP contribution is -2.43. The van der Waals surface area contributed by atoms with E-state index in [1.54, 1.807) is 0 Å². The van der Waals surface area contributed by atoms with Crippen LogP contribution < -0.4 is 0 Å². The Labute approximate surface area is 97.1 Å². The average molecular weight is 288 g/mol. The third-order valence-corrected chi connectivity index (χ3v) is 3.79. The van der Waals surface area contributed by atoms with Crippen LogP contribution in [0.1, 0.15) is 26.7 Å². The van der Waals surface area contributed by atoms with Gasteiger partial charge >= 0.3 is 6.18 Å². The third-order valence-electron chi connectivity index (χ3n) is 2.98. The minimum atomic E-state index is -4.13. The van der Waals surface area contributed by atoms with Gasteiger partial charge in [0.25, 0.3) is 0 Å². The van der Waals surface area contributed by atoms with Gasteiger partial charge in [-0.25, -0.2) is 0 Å². The molecule has 1 unspecified atom stereocenters. The molecule has 15 heavy (non-hydrogen) atoms. The standard InChI is InChI=1S/C10H17BrF3N/c1-9(2)3-5-15(6-4-9)7-8(11)10(12,13)14/h8H,3-7H2,1-2H3. The summed E-state index contributed by atoms with van der Waals surface area (Å²) in [5.74, 6) is 0. The van der Waals surface area contributed by atoms with Gasteiger partial charge in [0.2, 0.25) is 0 Å². The highest BCUT2D eigenvalue weighted by molar-refractivity contribution is 9.09. The van der Waals surface area contributed by atoms with Crippen molar-refractivity contribution < 1.29 is 13.2 Å². The molecule has 0 spiro atoms. The van der Waals surface area contributed by atoms with Gasteiger partial charge in [0.05, 0.1) is 0 Å². The maximum Gasteiger partial charge on any atom is 0.402 e. The van der Waals surface area contributed by atoms with E-state index < -0.39 is 11.0 Å². The Bertz CT molecular complexity index is 205. The number of hydrogen-bond donors (Lipinski definition) is 0. The second kappa shape index (κ2) is 4.62. The topological polar surface area (TPSA) is 3.24 Å². The number of alkyl halides is 4. The van der Waals surface area contributed by atoms with Crippen LogP contribution in [0.15, 0.2) is 0 Å². The van der Waals surface area contributed by atoms with E-state index in [0.29, 0.717) is 0 Å². The summed E-state index contributed by atoms with van der Waals surface area (Å²) in [5.41, 5.74) is 0.288. The maximum atomic E-state index is 12.3. The van der Waals surface area contributed by atoms with Crippen molar-refractivity contribution in [2.75, 3.05) is 19.6 Å². The lowest BCUT2D eigenvalue weighted by molar-refractivity contribution is -0.131. The largest absolute Gasteiger partial charge is 0.402 e. The van der Waals surface area contributed by atoms with E-state index in [1.807, 2.05) is 4.90 Å². The van der Waals surface area contributed by atoms with Crippen LogP contribution >= 0.6 is 15.9 Å². The molecule has 0 aromatic rings. The Kier molecular flexibility index (Phi) is 4.09. The molecule has 1 fully saturated rings. The number of rotatable bonds is 2. The molecule has 0 N–H and O–H groups in total. The van der Waals surface area contributed by atoms with E-state index in [9.17, 15) is 13.2 Å². The molecule has 0 aromatic carbocycles. The van der Waals surface area contributed by atoms with E-state index in [1.165, 1.54) is 0 Å². The number of nitrogens with zero attached hydrogens (tertiary/aromatic N) is 1. The lowest BCUT2D eigenvalue weighted by atomic mass is 9.83. The lowest BCUT2D eigenvalue weighted by Gasteiger charge is -2.37. The van der Waals surface area contributed by atoms with Crippen LogP contribution in [0.5, 0.6) is 0 Å². The van der Waals surface area contributed by atoms with E-state index in [4.69, 9.17) is 0 Å². The Morgan fingerprint density at radius 3 is 2.13 bits per heavy atom. The van der Waals surface area contributed by atoms with Crippen LogP contribution in [0.2, 0.25) is 0 Å². The zero-order valence-electron chi connectivity index (χ0n) is 9.07. The quantitative estimate of drug-likeness (QED) is 0.704. The fourth-order valence-electron chi connectivity index (χ4n) is 1.67. The molecule has 1 aliphatic heterocycles. The maximum absolute atomic E-state index is 12.3. The minimum absolute atomic E-state index is 0.0690. The molecule has 1 heterocycles. The zero-order chi connectivity index (χ0) is 11.7. The highest BCUT2D eigenvalue weighted by atomic mass is 79.9. The number of hydrogen-bond acceptors (Lipinski definition) is 1. The SMILES string of the molecule is CC1(C)CCN(CC(Br)C(F)(F)F)CC1. The summed E-state index contributed by atoms with van der Waals surface area (Å²) in [6.45, 7) is 5.94. The van der Waals surface area contributed by atoms with Crippen molar-refractivity contribution in [1.82, 2.24) is 4.90 Å². The van der Waals surface area contributed by atoms with Crippen LogP contribution in [-0.2, 0) is 0 Å². The second-order valence-corrected chi connectivity index (χ2v) is 6.08. The van der Waals surface area contributed by atoms with Gasteiger partial charge in [0.1, 0.15) is 4.83 Å². The van der Waals surface area contributed by atoms with Crippen molar-refractivity contribution in [2.45, 2.75) is 37.7 Å². The molecule has 1 rings (SSSR count). The highest BCUT2D eigenvalue weighted by Gasteiger charge is 2.39. The molecule has 0 amide bonds. The first-order valence-electron chi connectivity index (χ1n) is 5.14. The van der Waals surface area contributed by atoms with Crippen molar-refractivity contribution in [3.63, 3.8) is 0 Å². The molecular weight excluding hydrogens is 271 g/mol. The number of halogens is 4. The third kappa shape index (κ3) is 4.31. The Morgan fingerprint density at radius 2 is 1.73 bits per heavy atom. The molecule has 5 heteroatoms. The van der Waals surface area contributed by atoms with Crippen molar-refractivity contribution >= 4 is 15.9 Å². The van der Waals surface area contributed by atoms with E-state index in [2.05, 4.69) is 29.8 Å². The summed E-state index contributed by atoms with van der Waals surface area (Å²) in [5, 5.41) is 0. The summed E-state index contributed by atoms with van der Waals surface area (Å²) in [6, 6.07) is 0. The molecule has 0 bridgehead atoms. The summed E-state index contributed by atoms with van der Waals surface area (Å²) in [4.78, 5) is 0.490. The summed E-state index contributed by atoms with van der Waals surface area (Å²) >= 11 is 2.70. The van der Waals surface area contributed by atoms with Gasteiger partial charge in [-0.1, -0.05) is 29.8 Å². The molecule has 0 saturated carbocycles. The molecule has 1 atom stereocenters. The van der Waals surface area contributed by atoms with Gasteiger partial charge in [-0.2, -0.15) is 13.2 Å². The number of piperidine rings is 1. The fourth-order valence-corrected chi connectivity index (χ4v) is 2.08. The number of likely N-dealkylation sites (tertiary alicyclic amines) is 1. The van der Waals surface area contributed by atoms with Gasteiger partial charge in [-0.05, 0) is 31.3 Å². The van der Waals surface area contributed by atoms with Crippen molar-refractivity contribution in [1.29, 1.82) is 0 Å². The minimum Gasteiger partial charge on any atom is -0.302 e. The van der Waals surface area contributed by atoms with Crippen LogP contribution in [0.3, 0.4) is 0 Å². The molecule has 90 valence electrons.